The van der Waals surface area contributed by atoms with Gasteiger partial charge >= 0.3 is 0 Å². The highest BCUT2D eigenvalue weighted by atomic mass is 32.3. The molecule has 8 aromatic rings. The van der Waals surface area contributed by atoms with Crippen LogP contribution in [-0.2, 0) is 10.8 Å². The number of rotatable bonds is 5. The number of benzene rings is 8. The molecule has 8 aromatic carbocycles. The van der Waals surface area contributed by atoms with Crippen molar-refractivity contribution in [2.45, 2.75) is 62.7 Å². The van der Waals surface area contributed by atoms with E-state index in [1.807, 2.05) is 0 Å². The molecule has 0 N–H and O–H groups in total. The van der Waals surface area contributed by atoms with Gasteiger partial charge in [0.25, 0.3) is 0 Å². The Morgan fingerprint density at radius 1 is 0.508 bits per heavy atom. The minimum Gasteiger partial charge on any atom is -0.217 e. The lowest BCUT2D eigenvalue weighted by Gasteiger charge is -2.34. The van der Waals surface area contributed by atoms with Gasteiger partial charge in [0.15, 0.2) is 0 Å². The number of hydrogen-bond donors (Lipinski definition) is 0. The third-order valence-electron chi connectivity index (χ3n) is 14.4. The van der Waals surface area contributed by atoms with Crippen molar-refractivity contribution in [3.63, 3.8) is 0 Å². The maximum atomic E-state index is 2.64. The van der Waals surface area contributed by atoms with Gasteiger partial charge in [-0.25, -0.2) is 10.0 Å². The summed E-state index contributed by atoms with van der Waals surface area (Å²) in [5, 5.41) is 7.94. The lowest BCUT2D eigenvalue weighted by Crippen LogP contribution is -2.38. The summed E-state index contributed by atoms with van der Waals surface area (Å²) in [7, 11) is -0.890. The smallest absolute Gasteiger partial charge is 0.0159 e. The molecule has 290 valence electrons. The Morgan fingerprint density at radius 2 is 1.14 bits per heavy atom. The van der Waals surface area contributed by atoms with Crippen molar-refractivity contribution in [1.82, 2.24) is 0 Å². The molecule has 3 aliphatic rings. The van der Waals surface area contributed by atoms with E-state index < -0.39 is 10.0 Å². The van der Waals surface area contributed by atoms with E-state index in [0.29, 0.717) is 0 Å². The molecule has 0 saturated carbocycles. The molecule has 0 nitrogen and oxygen atoms in total. The van der Waals surface area contributed by atoms with Gasteiger partial charge in [0, 0.05) is 10.8 Å². The van der Waals surface area contributed by atoms with Crippen LogP contribution in [0.3, 0.4) is 0 Å². The van der Waals surface area contributed by atoms with E-state index in [1.165, 1.54) is 123 Å². The Hall–Kier alpha value is -5.63. The molecular formula is C58H52S. The molecule has 0 bridgehead atoms. The fraction of sp³-hybridized carbons (Fsp3) is 0.207. The van der Waals surface area contributed by atoms with Crippen molar-refractivity contribution in [3.8, 4) is 44.5 Å². The summed E-state index contributed by atoms with van der Waals surface area (Å²) in [6.07, 6.45) is 11.4. The first kappa shape index (κ1) is 36.4. The first-order valence-electron chi connectivity index (χ1n) is 21.6. The first-order chi connectivity index (χ1) is 28.6. The van der Waals surface area contributed by atoms with Crippen LogP contribution >= 0.6 is 10.0 Å². The van der Waals surface area contributed by atoms with Gasteiger partial charge in [0.2, 0.25) is 0 Å². The van der Waals surface area contributed by atoms with Gasteiger partial charge in [0.05, 0.1) is 0 Å². The lowest BCUT2D eigenvalue weighted by atomic mass is 9.73. The normalized spacial score (nSPS) is 19.1. The van der Waals surface area contributed by atoms with Crippen LogP contribution in [0.15, 0.2) is 157 Å². The van der Waals surface area contributed by atoms with Crippen molar-refractivity contribution in [2.24, 2.45) is 0 Å². The van der Waals surface area contributed by atoms with Gasteiger partial charge < -0.3 is 0 Å². The van der Waals surface area contributed by atoms with E-state index in [4.69, 9.17) is 0 Å². The molecule has 0 amide bonds. The fourth-order valence-corrected chi connectivity index (χ4v) is 14.5. The minimum atomic E-state index is -0.890. The van der Waals surface area contributed by atoms with Crippen LogP contribution in [0.1, 0.15) is 62.3 Å². The lowest BCUT2D eigenvalue weighted by molar-refractivity contribution is 0.655. The van der Waals surface area contributed by atoms with Crippen molar-refractivity contribution in [1.29, 1.82) is 0 Å². The monoisotopic (exact) mass is 780 g/mol. The zero-order valence-corrected chi connectivity index (χ0v) is 35.8. The van der Waals surface area contributed by atoms with E-state index in [2.05, 4.69) is 198 Å². The van der Waals surface area contributed by atoms with E-state index >= 15 is 0 Å². The average Bonchev–Trinajstić information content (AvgIpc) is 3.81. The standard InChI is InChI=1S/C58H52S/c1-38-16-6-9-19-44(38)50-35-41(26-29-54(50)59(5)32-14-15-33-59)55-47-21-10-11-22-48(47)56(42-25-28-46-45-20-12-13-23-52(45)57(2,3)53(46)36-42)51-37-58(4,31-30-49(51)55)43-27-24-39-17-7-8-18-40(39)34-43/h6-13,16-30,34-37H,14-15,31-33H2,1-5H3. The molecule has 1 fully saturated rings. The number of fused-ring (bicyclic) bond motifs is 6. The highest BCUT2D eigenvalue weighted by molar-refractivity contribution is 8.33. The predicted molar refractivity (Wildman–Crippen MR) is 257 cm³/mol. The molecule has 0 radical (unpaired) electrons. The van der Waals surface area contributed by atoms with Gasteiger partial charge in [0.1, 0.15) is 0 Å². The minimum absolute atomic E-state index is 0.0845. The molecule has 11 rings (SSSR count). The molecule has 1 saturated heterocycles. The summed E-state index contributed by atoms with van der Waals surface area (Å²) in [6, 6.07) is 58.2. The molecule has 1 atom stereocenters. The molecule has 1 heteroatoms. The highest BCUT2D eigenvalue weighted by Gasteiger charge is 2.36. The molecule has 59 heavy (non-hydrogen) atoms. The predicted octanol–water partition coefficient (Wildman–Crippen LogP) is 14.1. The molecule has 0 aromatic heterocycles. The average molecular weight is 781 g/mol. The summed E-state index contributed by atoms with van der Waals surface area (Å²) in [5.41, 5.74) is 16.1. The van der Waals surface area contributed by atoms with Crippen LogP contribution in [0, 0.1) is 6.92 Å². The quantitative estimate of drug-likeness (QED) is 0.163. The van der Waals surface area contributed by atoms with E-state index in [1.54, 1.807) is 4.90 Å². The summed E-state index contributed by atoms with van der Waals surface area (Å²) < 4.78 is 0. The van der Waals surface area contributed by atoms with Crippen molar-refractivity contribution >= 4 is 43.7 Å². The first-order valence-corrected chi connectivity index (χ1v) is 24.0. The van der Waals surface area contributed by atoms with Crippen molar-refractivity contribution in [3.05, 3.63) is 184 Å². The Morgan fingerprint density at radius 3 is 1.92 bits per heavy atom. The Kier molecular flexibility index (Phi) is 8.31. The topological polar surface area (TPSA) is 0 Å². The van der Waals surface area contributed by atoms with Crippen molar-refractivity contribution < 1.29 is 0 Å². The highest BCUT2D eigenvalue weighted by Crippen LogP contribution is 2.61. The largest absolute Gasteiger partial charge is 0.217 e. The molecule has 1 unspecified atom stereocenters. The molecule has 2 aliphatic carbocycles. The molecular weight excluding hydrogens is 729 g/mol. The summed E-state index contributed by atoms with van der Waals surface area (Å²) >= 11 is 0. The van der Waals surface area contributed by atoms with E-state index in [-0.39, 0.29) is 10.8 Å². The summed E-state index contributed by atoms with van der Waals surface area (Å²) in [4.78, 5) is 1.59. The zero-order chi connectivity index (χ0) is 40.1. The Bertz CT molecular complexity index is 3150. The van der Waals surface area contributed by atoms with Crippen molar-refractivity contribution in [2.75, 3.05) is 17.8 Å². The number of hydrogen-bond acceptors (Lipinski definition) is 0. The Labute approximate surface area is 351 Å². The zero-order valence-electron chi connectivity index (χ0n) is 35.0. The molecule has 1 heterocycles. The van der Waals surface area contributed by atoms with Gasteiger partial charge in [-0.05, 0) is 166 Å². The van der Waals surface area contributed by atoms with Crippen LogP contribution in [0.5, 0.6) is 0 Å². The van der Waals surface area contributed by atoms with Crippen LogP contribution in [0.4, 0.5) is 0 Å². The SMILES string of the molecule is Cc1ccccc1-c1cc(-c2c3c(c(-c4ccc5c(c4)C(C)(C)c4ccccc4-5)c4ccccc24)=CC(C)(c2ccc4ccccc4c2)CC=3)ccc1S1(C)CCCC1. The molecule has 1 aliphatic heterocycles. The van der Waals surface area contributed by atoms with Crippen LogP contribution in [0.2, 0.25) is 0 Å². The van der Waals surface area contributed by atoms with E-state index in [0.717, 1.165) is 6.42 Å². The van der Waals surface area contributed by atoms with Crippen LogP contribution in [0.25, 0.3) is 78.2 Å². The third-order valence-corrected chi connectivity index (χ3v) is 18.2. The van der Waals surface area contributed by atoms with Gasteiger partial charge in [-0.2, -0.15) is 0 Å². The maximum absolute atomic E-state index is 2.64. The second kappa shape index (κ2) is 13.4. The summed E-state index contributed by atoms with van der Waals surface area (Å²) in [5.74, 6) is 2.66. The summed E-state index contributed by atoms with van der Waals surface area (Å²) in [6.45, 7) is 9.54. The Balaban J connectivity index is 1.21. The van der Waals surface area contributed by atoms with Crippen LogP contribution in [-0.4, -0.2) is 17.8 Å². The number of aryl methyl sites for hydroxylation is 1. The van der Waals surface area contributed by atoms with E-state index in [9.17, 15) is 0 Å². The van der Waals surface area contributed by atoms with Gasteiger partial charge in [-0.15, -0.1) is 0 Å². The second-order valence-electron chi connectivity index (χ2n) is 18.5. The van der Waals surface area contributed by atoms with Gasteiger partial charge in [-0.1, -0.05) is 166 Å². The maximum Gasteiger partial charge on any atom is 0.0159 e. The second-order valence-corrected chi connectivity index (χ2v) is 22.3. The fourth-order valence-electron chi connectivity index (χ4n) is 11.1. The third kappa shape index (κ3) is 5.65. The van der Waals surface area contributed by atoms with Crippen LogP contribution < -0.4 is 10.4 Å². The van der Waals surface area contributed by atoms with Gasteiger partial charge in [-0.3, -0.25) is 0 Å². The molecule has 0 spiro atoms.